The number of carbonyl (C=O) groups is 1. The first-order valence-corrected chi connectivity index (χ1v) is 13.9. The fraction of sp³-hybridized carbons (Fsp3) is 0.455. The Morgan fingerprint density at radius 2 is 1.90 bits per heavy atom. The van der Waals surface area contributed by atoms with Crippen molar-refractivity contribution >= 4 is 5.97 Å². The highest BCUT2D eigenvalue weighted by molar-refractivity contribution is 5.71. The summed E-state index contributed by atoms with van der Waals surface area (Å²) in [6, 6.07) is 13.9. The van der Waals surface area contributed by atoms with E-state index >= 15 is 4.39 Å². The number of fused-ring (bicyclic) bond motifs is 1. The summed E-state index contributed by atoms with van der Waals surface area (Å²) in [7, 11) is 1.54. The summed E-state index contributed by atoms with van der Waals surface area (Å²) in [4.78, 5) is 15.6. The van der Waals surface area contributed by atoms with Crippen molar-refractivity contribution in [2.24, 2.45) is 5.41 Å². The van der Waals surface area contributed by atoms with Crippen molar-refractivity contribution in [3.8, 4) is 22.8 Å². The van der Waals surface area contributed by atoms with Gasteiger partial charge in [0.2, 0.25) is 5.88 Å². The van der Waals surface area contributed by atoms with Gasteiger partial charge in [0.25, 0.3) is 0 Å². The maximum Gasteiger partial charge on any atom is 0.304 e. The Morgan fingerprint density at radius 3 is 2.62 bits per heavy atom. The third-order valence-electron chi connectivity index (χ3n) is 8.93. The van der Waals surface area contributed by atoms with Gasteiger partial charge < -0.3 is 14.6 Å². The molecule has 1 heterocycles. The molecule has 206 valence electrons. The Labute approximate surface area is 230 Å². The molecule has 6 heteroatoms. The smallest absolute Gasteiger partial charge is 0.304 e. The SMILES string of the molecule is COc1cc(-c2ccc(COc3ccc4c(c3)[C@@](C)(CC(=O)O)CCC4)cc2C2CCCC2(C)C)c(F)cn1. The highest BCUT2D eigenvalue weighted by Crippen LogP contribution is 2.51. The molecule has 5 nitrogen and oxygen atoms in total. The molecule has 2 aliphatic rings. The summed E-state index contributed by atoms with van der Waals surface area (Å²) < 4.78 is 26.6. The van der Waals surface area contributed by atoms with E-state index in [0.29, 0.717) is 24.0 Å². The Hall–Kier alpha value is -3.41. The summed E-state index contributed by atoms with van der Waals surface area (Å²) in [5.74, 6) is 0.283. The molecule has 1 saturated carbocycles. The number of aryl methyl sites for hydroxylation is 1. The molecule has 0 saturated heterocycles. The van der Waals surface area contributed by atoms with Crippen molar-refractivity contribution in [1.29, 1.82) is 0 Å². The number of methoxy groups -OCH3 is 1. The Morgan fingerprint density at radius 1 is 1.08 bits per heavy atom. The number of pyridine rings is 1. The van der Waals surface area contributed by atoms with Crippen LogP contribution in [0.1, 0.15) is 87.5 Å². The topological polar surface area (TPSA) is 68.7 Å². The third kappa shape index (κ3) is 5.52. The Bertz CT molecular complexity index is 1380. The minimum atomic E-state index is -0.776. The fourth-order valence-electron chi connectivity index (χ4n) is 6.79. The number of hydrogen-bond acceptors (Lipinski definition) is 4. The van der Waals surface area contributed by atoms with Crippen LogP contribution in [0.3, 0.4) is 0 Å². The number of hydrogen-bond donors (Lipinski definition) is 1. The van der Waals surface area contributed by atoms with Gasteiger partial charge in [-0.15, -0.1) is 0 Å². The van der Waals surface area contributed by atoms with Crippen molar-refractivity contribution < 1.29 is 23.8 Å². The largest absolute Gasteiger partial charge is 0.489 e. The van der Waals surface area contributed by atoms with Crippen LogP contribution in [0.15, 0.2) is 48.7 Å². The quantitative estimate of drug-likeness (QED) is 0.321. The zero-order valence-corrected chi connectivity index (χ0v) is 23.4. The van der Waals surface area contributed by atoms with E-state index in [9.17, 15) is 9.90 Å². The van der Waals surface area contributed by atoms with E-state index < -0.39 is 11.4 Å². The first kappa shape index (κ1) is 27.2. The number of ether oxygens (including phenoxy) is 2. The molecule has 5 rings (SSSR count). The van der Waals surface area contributed by atoms with Crippen LogP contribution < -0.4 is 9.47 Å². The molecule has 1 unspecified atom stereocenters. The number of halogens is 1. The minimum absolute atomic E-state index is 0.106. The van der Waals surface area contributed by atoms with Crippen molar-refractivity contribution in [1.82, 2.24) is 4.98 Å². The molecular weight excluding hydrogens is 493 g/mol. The molecule has 2 aromatic carbocycles. The van der Waals surface area contributed by atoms with Crippen molar-refractivity contribution in [2.45, 2.75) is 83.7 Å². The van der Waals surface area contributed by atoms with Crippen LogP contribution in [-0.2, 0) is 23.2 Å². The Kier molecular flexibility index (Phi) is 7.41. The minimum Gasteiger partial charge on any atom is -0.489 e. The number of aliphatic carboxylic acids is 1. The van der Waals surface area contributed by atoms with E-state index in [-0.39, 0.29) is 17.7 Å². The summed E-state index contributed by atoms with van der Waals surface area (Å²) in [6.07, 6.45) is 7.48. The van der Waals surface area contributed by atoms with Crippen molar-refractivity contribution in [2.75, 3.05) is 7.11 Å². The normalized spacial score (nSPS) is 21.8. The number of nitrogens with zero attached hydrogens (tertiary/aromatic N) is 1. The van der Waals surface area contributed by atoms with E-state index in [2.05, 4.69) is 31.0 Å². The summed E-state index contributed by atoms with van der Waals surface area (Å²) in [5, 5.41) is 9.52. The maximum atomic E-state index is 15.0. The van der Waals surface area contributed by atoms with Crippen LogP contribution in [0.4, 0.5) is 4.39 Å². The molecule has 2 aliphatic carbocycles. The number of carboxylic acids is 1. The molecule has 1 fully saturated rings. The van der Waals surface area contributed by atoms with Gasteiger partial charge in [0.1, 0.15) is 18.2 Å². The molecular formula is C33H38FNO4. The van der Waals surface area contributed by atoms with Gasteiger partial charge in [0.15, 0.2) is 0 Å². The average molecular weight is 532 g/mol. The average Bonchev–Trinajstić information content (AvgIpc) is 3.26. The predicted octanol–water partition coefficient (Wildman–Crippen LogP) is 7.84. The lowest BCUT2D eigenvalue weighted by atomic mass is 9.69. The van der Waals surface area contributed by atoms with Gasteiger partial charge in [-0.05, 0) is 83.4 Å². The van der Waals surface area contributed by atoms with Gasteiger partial charge in [-0.2, -0.15) is 0 Å². The number of aromatic nitrogens is 1. The lowest BCUT2D eigenvalue weighted by molar-refractivity contribution is -0.138. The van der Waals surface area contributed by atoms with E-state index in [1.165, 1.54) is 18.9 Å². The molecule has 1 N–H and O–H groups in total. The van der Waals surface area contributed by atoms with Crippen molar-refractivity contribution in [3.63, 3.8) is 0 Å². The number of carboxylic acid groups (broad SMARTS) is 1. The molecule has 3 aromatic rings. The van der Waals surface area contributed by atoms with E-state index in [1.807, 2.05) is 31.2 Å². The number of rotatable bonds is 8. The highest BCUT2D eigenvalue weighted by atomic mass is 19.1. The first-order valence-electron chi connectivity index (χ1n) is 13.9. The lowest BCUT2D eigenvalue weighted by Crippen LogP contribution is -2.30. The van der Waals surface area contributed by atoms with Gasteiger partial charge in [-0.25, -0.2) is 9.37 Å². The summed E-state index contributed by atoms with van der Waals surface area (Å²) in [5.41, 5.74) is 5.53. The Balaban J connectivity index is 1.46. The van der Waals surface area contributed by atoms with Crippen LogP contribution in [0.5, 0.6) is 11.6 Å². The van der Waals surface area contributed by atoms with Gasteiger partial charge in [-0.1, -0.05) is 51.5 Å². The zero-order valence-electron chi connectivity index (χ0n) is 23.4. The highest BCUT2D eigenvalue weighted by Gasteiger charge is 2.37. The second kappa shape index (κ2) is 10.6. The van der Waals surface area contributed by atoms with Crippen LogP contribution in [0.25, 0.3) is 11.1 Å². The van der Waals surface area contributed by atoms with Gasteiger partial charge >= 0.3 is 5.97 Å². The third-order valence-corrected chi connectivity index (χ3v) is 8.93. The summed E-state index contributed by atoms with van der Waals surface area (Å²) in [6.45, 7) is 7.01. The van der Waals surface area contributed by atoms with Crippen LogP contribution in [0, 0.1) is 11.2 Å². The maximum absolute atomic E-state index is 15.0. The molecule has 0 spiro atoms. The lowest BCUT2D eigenvalue weighted by Gasteiger charge is -2.35. The summed E-state index contributed by atoms with van der Waals surface area (Å²) >= 11 is 0. The van der Waals surface area contributed by atoms with Gasteiger partial charge in [0.05, 0.1) is 19.7 Å². The van der Waals surface area contributed by atoms with Gasteiger partial charge in [0, 0.05) is 17.0 Å². The van der Waals surface area contributed by atoms with E-state index in [1.54, 1.807) is 6.07 Å². The van der Waals surface area contributed by atoms with Crippen LogP contribution >= 0.6 is 0 Å². The second-order valence-corrected chi connectivity index (χ2v) is 12.2. The molecule has 2 atom stereocenters. The molecule has 39 heavy (non-hydrogen) atoms. The second-order valence-electron chi connectivity index (χ2n) is 12.2. The van der Waals surface area contributed by atoms with E-state index in [0.717, 1.165) is 66.5 Å². The molecule has 0 amide bonds. The van der Waals surface area contributed by atoms with Crippen molar-refractivity contribution in [3.05, 3.63) is 76.7 Å². The van der Waals surface area contributed by atoms with Crippen LogP contribution in [0.2, 0.25) is 0 Å². The van der Waals surface area contributed by atoms with Gasteiger partial charge in [-0.3, -0.25) is 4.79 Å². The predicted molar refractivity (Wildman–Crippen MR) is 150 cm³/mol. The molecule has 0 aliphatic heterocycles. The monoisotopic (exact) mass is 531 g/mol. The van der Waals surface area contributed by atoms with Crippen LogP contribution in [-0.4, -0.2) is 23.2 Å². The molecule has 0 bridgehead atoms. The molecule has 0 radical (unpaired) electrons. The fourth-order valence-corrected chi connectivity index (χ4v) is 6.79. The molecule has 1 aromatic heterocycles. The van der Waals surface area contributed by atoms with E-state index in [4.69, 9.17) is 9.47 Å². The zero-order chi connectivity index (χ0) is 27.8. The number of benzene rings is 2. The first-order chi connectivity index (χ1) is 18.6. The standard InChI is InChI=1S/C33H38FNO4/c1-32(2)13-6-8-27(32)25-15-21(9-12-24(25)26-17-30(38-4)35-19-29(26)34)20-39-23-11-10-22-7-5-14-33(3,18-31(36)37)28(22)16-23/h9-12,15-17,19,27H,5-8,13-14,18,20H2,1-4H3,(H,36,37)/t27?,33-/m1/s1.